The predicted molar refractivity (Wildman–Crippen MR) is 136 cm³/mol. The number of nitrogens with zero attached hydrogens (tertiary/aromatic N) is 3. The number of hydrogen-bond acceptors (Lipinski definition) is 7. The second-order valence-electron chi connectivity index (χ2n) is 9.53. The number of carboxylic acid groups (broad SMARTS) is 1. The number of aromatic nitrogens is 3. The van der Waals surface area contributed by atoms with Gasteiger partial charge in [0.05, 0.1) is 12.6 Å². The lowest BCUT2D eigenvalue weighted by Crippen LogP contribution is -2.49. The van der Waals surface area contributed by atoms with Gasteiger partial charge >= 0.3 is 17.3 Å². The smallest absolute Gasteiger partial charge is 0.355 e. The lowest BCUT2D eigenvalue weighted by Gasteiger charge is -2.17. The van der Waals surface area contributed by atoms with Gasteiger partial charge in [-0.05, 0) is 51.3 Å². The molecule has 1 aliphatic carbocycles. The van der Waals surface area contributed by atoms with E-state index < -0.39 is 41.2 Å². The second kappa shape index (κ2) is 10.5. The molecule has 0 bridgehead atoms. The molecule has 200 valence electrons. The SMILES string of the molecule is Cc1ccc(Cn2c(Nc3ccc(OC(C)C)c(F)c3)nc(=O)n(CC(=O)NC3(C(=O)O)CC3)c2=O)cc1. The summed E-state index contributed by atoms with van der Waals surface area (Å²) in [4.78, 5) is 54.1. The molecule has 1 saturated carbocycles. The van der Waals surface area contributed by atoms with Crippen LogP contribution < -0.4 is 26.7 Å². The van der Waals surface area contributed by atoms with E-state index in [0.29, 0.717) is 10.1 Å². The number of halogens is 1. The monoisotopic (exact) mass is 525 g/mol. The molecule has 2 aromatic carbocycles. The third-order valence-electron chi connectivity index (χ3n) is 6.00. The molecule has 0 spiro atoms. The molecule has 1 aliphatic rings. The first-order valence-electron chi connectivity index (χ1n) is 12.0. The molecule has 0 aliphatic heterocycles. The molecule has 4 rings (SSSR count). The Kier molecular flexibility index (Phi) is 7.33. The van der Waals surface area contributed by atoms with Gasteiger partial charge in [0.15, 0.2) is 11.6 Å². The third-order valence-corrected chi connectivity index (χ3v) is 6.00. The van der Waals surface area contributed by atoms with Crippen molar-refractivity contribution in [3.63, 3.8) is 0 Å². The summed E-state index contributed by atoms with van der Waals surface area (Å²) in [5.74, 6) is -2.72. The summed E-state index contributed by atoms with van der Waals surface area (Å²) >= 11 is 0. The van der Waals surface area contributed by atoms with Crippen LogP contribution in [0.25, 0.3) is 0 Å². The van der Waals surface area contributed by atoms with Gasteiger partial charge in [-0.25, -0.2) is 23.3 Å². The van der Waals surface area contributed by atoms with Gasteiger partial charge in [0.2, 0.25) is 11.9 Å². The molecule has 0 unspecified atom stereocenters. The molecule has 1 amide bonds. The van der Waals surface area contributed by atoms with Crippen LogP contribution in [0.3, 0.4) is 0 Å². The normalized spacial score (nSPS) is 13.7. The van der Waals surface area contributed by atoms with Crippen molar-refractivity contribution in [1.82, 2.24) is 19.4 Å². The zero-order valence-corrected chi connectivity index (χ0v) is 21.2. The molecule has 0 saturated heterocycles. The lowest BCUT2D eigenvalue weighted by atomic mass is 10.1. The Balaban J connectivity index is 1.69. The van der Waals surface area contributed by atoms with Crippen LogP contribution in [0.15, 0.2) is 52.1 Å². The summed E-state index contributed by atoms with van der Waals surface area (Å²) in [5.41, 5.74) is -1.30. The lowest BCUT2D eigenvalue weighted by molar-refractivity contribution is -0.143. The van der Waals surface area contributed by atoms with Crippen LogP contribution in [-0.4, -0.2) is 42.7 Å². The molecule has 12 heteroatoms. The van der Waals surface area contributed by atoms with Crippen molar-refractivity contribution in [1.29, 1.82) is 0 Å². The van der Waals surface area contributed by atoms with Crippen molar-refractivity contribution in [3.8, 4) is 5.75 Å². The van der Waals surface area contributed by atoms with Crippen LogP contribution in [-0.2, 0) is 22.7 Å². The highest BCUT2D eigenvalue weighted by Crippen LogP contribution is 2.35. The van der Waals surface area contributed by atoms with Crippen molar-refractivity contribution in [3.05, 3.63) is 80.4 Å². The van der Waals surface area contributed by atoms with Gasteiger partial charge < -0.3 is 20.5 Å². The maximum absolute atomic E-state index is 14.6. The van der Waals surface area contributed by atoms with E-state index in [4.69, 9.17) is 4.74 Å². The number of benzene rings is 2. The van der Waals surface area contributed by atoms with Crippen LogP contribution >= 0.6 is 0 Å². The summed E-state index contributed by atoms with van der Waals surface area (Å²) in [6, 6.07) is 11.4. The standard InChI is InChI=1S/C26H28FN5O6/c1-15(2)38-20-9-8-18(12-19(20)27)28-23-29-24(36)32(14-21(33)30-26(10-11-26)22(34)35)25(37)31(23)13-17-6-4-16(3)5-7-17/h4-9,12,15H,10-11,13-14H2,1-3H3,(H,30,33)(H,34,35)(H,28,29,36). The van der Waals surface area contributed by atoms with Gasteiger partial charge in [0.25, 0.3) is 0 Å². The summed E-state index contributed by atoms with van der Waals surface area (Å²) in [6.07, 6.45) is 0.290. The van der Waals surface area contributed by atoms with Crippen LogP contribution in [0.2, 0.25) is 0 Å². The van der Waals surface area contributed by atoms with Gasteiger partial charge in [0.1, 0.15) is 12.1 Å². The van der Waals surface area contributed by atoms with Gasteiger partial charge in [-0.1, -0.05) is 29.8 Å². The van der Waals surface area contributed by atoms with E-state index in [9.17, 15) is 28.7 Å². The van der Waals surface area contributed by atoms with E-state index in [-0.39, 0.29) is 42.9 Å². The number of rotatable bonds is 10. The molecular formula is C26H28FN5O6. The quantitative estimate of drug-likeness (QED) is 0.365. The zero-order chi connectivity index (χ0) is 27.6. The first-order chi connectivity index (χ1) is 18.0. The largest absolute Gasteiger partial charge is 0.488 e. The number of carbonyl (C=O) groups is 2. The Morgan fingerprint density at radius 2 is 1.82 bits per heavy atom. The van der Waals surface area contributed by atoms with E-state index in [1.807, 2.05) is 19.1 Å². The summed E-state index contributed by atoms with van der Waals surface area (Å²) in [6.45, 7) is 4.73. The molecule has 11 nitrogen and oxygen atoms in total. The molecule has 0 radical (unpaired) electrons. The van der Waals surface area contributed by atoms with E-state index in [2.05, 4.69) is 15.6 Å². The van der Waals surface area contributed by atoms with Gasteiger partial charge in [0, 0.05) is 11.8 Å². The number of anilines is 2. The molecule has 1 aromatic heterocycles. The van der Waals surface area contributed by atoms with Gasteiger partial charge in [-0.3, -0.25) is 9.36 Å². The molecular weight excluding hydrogens is 497 g/mol. The van der Waals surface area contributed by atoms with Crippen molar-refractivity contribution >= 4 is 23.5 Å². The molecule has 0 atom stereocenters. The Morgan fingerprint density at radius 3 is 2.39 bits per heavy atom. The maximum Gasteiger partial charge on any atom is 0.355 e. The number of hydrogen-bond donors (Lipinski definition) is 3. The van der Waals surface area contributed by atoms with E-state index in [1.165, 1.54) is 12.1 Å². The highest BCUT2D eigenvalue weighted by atomic mass is 19.1. The number of carboxylic acids is 1. The Hall–Kier alpha value is -4.48. The van der Waals surface area contributed by atoms with Crippen LogP contribution in [0, 0.1) is 12.7 Å². The fourth-order valence-electron chi connectivity index (χ4n) is 3.80. The molecule has 1 fully saturated rings. The second-order valence-corrected chi connectivity index (χ2v) is 9.53. The molecule has 1 heterocycles. The zero-order valence-electron chi connectivity index (χ0n) is 21.2. The maximum atomic E-state index is 14.6. The van der Waals surface area contributed by atoms with Crippen molar-refractivity contribution in [2.75, 3.05) is 5.32 Å². The number of carbonyl (C=O) groups excluding carboxylic acids is 1. The minimum atomic E-state index is -1.37. The highest BCUT2D eigenvalue weighted by Gasteiger charge is 2.51. The number of ether oxygens (including phenoxy) is 1. The molecule has 38 heavy (non-hydrogen) atoms. The van der Waals surface area contributed by atoms with E-state index in [1.54, 1.807) is 26.0 Å². The highest BCUT2D eigenvalue weighted by molar-refractivity contribution is 5.89. The van der Waals surface area contributed by atoms with Crippen LogP contribution in [0.4, 0.5) is 16.0 Å². The molecule has 3 N–H and O–H groups in total. The minimum absolute atomic E-state index is 0.00750. The van der Waals surface area contributed by atoms with E-state index >= 15 is 0 Å². The predicted octanol–water partition coefficient (Wildman–Crippen LogP) is 2.17. The van der Waals surface area contributed by atoms with Crippen molar-refractivity contribution < 1.29 is 23.8 Å². The molecule has 3 aromatic rings. The average Bonchev–Trinajstić information content (AvgIpc) is 3.63. The van der Waals surface area contributed by atoms with Crippen molar-refractivity contribution in [2.45, 2.75) is 58.3 Å². The van der Waals surface area contributed by atoms with E-state index in [0.717, 1.165) is 16.2 Å². The number of nitrogens with one attached hydrogen (secondary N) is 2. The van der Waals surface area contributed by atoms with Crippen LogP contribution in [0.5, 0.6) is 5.75 Å². The Morgan fingerprint density at radius 1 is 1.13 bits per heavy atom. The first-order valence-corrected chi connectivity index (χ1v) is 12.0. The summed E-state index contributed by atoms with van der Waals surface area (Å²) < 4.78 is 21.7. The van der Waals surface area contributed by atoms with Gasteiger partial charge in [-0.15, -0.1) is 0 Å². The van der Waals surface area contributed by atoms with Crippen LogP contribution in [0.1, 0.15) is 37.8 Å². The average molecular weight is 526 g/mol. The fraction of sp³-hybridized carbons (Fsp3) is 0.346. The Labute approximate surface area is 216 Å². The minimum Gasteiger partial charge on any atom is -0.488 e. The summed E-state index contributed by atoms with van der Waals surface area (Å²) in [5, 5.41) is 14.5. The first kappa shape index (κ1) is 26.6. The number of aliphatic carboxylic acids is 1. The topological polar surface area (TPSA) is 145 Å². The number of amides is 1. The van der Waals surface area contributed by atoms with Gasteiger partial charge in [-0.2, -0.15) is 4.98 Å². The third kappa shape index (κ3) is 5.90. The summed E-state index contributed by atoms with van der Waals surface area (Å²) in [7, 11) is 0. The number of aryl methyl sites for hydroxylation is 1. The fourth-order valence-corrected chi connectivity index (χ4v) is 3.80. The Bertz CT molecular complexity index is 1490. The van der Waals surface area contributed by atoms with Crippen molar-refractivity contribution in [2.24, 2.45) is 0 Å².